The molecule has 5 heteroatoms. The normalized spacial score (nSPS) is 15.9. The number of nitrogens with one attached hydrogen (secondary N) is 1. The summed E-state index contributed by atoms with van der Waals surface area (Å²) in [5.41, 5.74) is 3.83. The van der Waals surface area contributed by atoms with E-state index in [-0.39, 0.29) is 17.7 Å². The van der Waals surface area contributed by atoms with Crippen LogP contribution in [0.3, 0.4) is 0 Å². The van der Waals surface area contributed by atoms with Crippen LogP contribution in [0.5, 0.6) is 0 Å². The summed E-state index contributed by atoms with van der Waals surface area (Å²) in [6.07, 6.45) is 4.90. The minimum atomic E-state index is -0.0665. The standard InChI is InChI=1S/C27H29N3O2/c31-26(16-15-25-10-4-5-17-28-25)30-18-6-7-21(20-30)19-29-27(32)24-13-11-23(12-14-24)22-8-2-1-3-9-22/h1-5,8-14,17,21H,6-7,15-16,18-20H2,(H,29,32). The fourth-order valence-corrected chi connectivity index (χ4v) is 4.18. The summed E-state index contributed by atoms with van der Waals surface area (Å²) in [5.74, 6) is 0.390. The third-order valence-corrected chi connectivity index (χ3v) is 6.00. The van der Waals surface area contributed by atoms with Gasteiger partial charge in [0.2, 0.25) is 5.91 Å². The zero-order valence-corrected chi connectivity index (χ0v) is 18.2. The first-order valence-electron chi connectivity index (χ1n) is 11.3. The van der Waals surface area contributed by atoms with E-state index in [1.807, 2.05) is 65.6 Å². The highest BCUT2D eigenvalue weighted by molar-refractivity contribution is 5.94. The van der Waals surface area contributed by atoms with Crippen molar-refractivity contribution in [3.05, 3.63) is 90.3 Å². The molecule has 0 radical (unpaired) electrons. The molecule has 1 aliphatic heterocycles. The van der Waals surface area contributed by atoms with Gasteiger partial charge in [0, 0.05) is 43.5 Å². The molecule has 0 bridgehead atoms. The molecular weight excluding hydrogens is 398 g/mol. The molecule has 3 aromatic rings. The van der Waals surface area contributed by atoms with E-state index in [0.29, 0.717) is 31.5 Å². The smallest absolute Gasteiger partial charge is 0.251 e. The second kappa shape index (κ2) is 10.7. The number of aromatic nitrogens is 1. The molecular formula is C27H29N3O2. The number of piperidine rings is 1. The molecule has 0 aliphatic carbocycles. The van der Waals surface area contributed by atoms with Crippen molar-refractivity contribution in [2.45, 2.75) is 25.7 Å². The van der Waals surface area contributed by atoms with Crippen LogP contribution in [-0.2, 0) is 11.2 Å². The van der Waals surface area contributed by atoms with E-state index in [9.17, 15) is 9.59 Å². The van der Waals surface area contributed by atoms with Crippen LogP contribution in [-0.4, -0.2) is 41.3 Å². The Kier molecular flexibility index (Phi) is 7.28. The number of benzene rings is 2. The lowest BCUT2D eigenvalue weighted by atomic mass is 9.97. The van der Waals surface area contributed by atoms with Gasteiger partial charge in [0.15, 0.2) is 0 Å². The Morgan fingerprint density at radius 2 is 1.69 bits per heavy atom. The Bertz CT molecular complexity index is 1020. The summed E-state index contributed by atoms with van der Waals surface area (Å²) in [7, 11) is 0. The maximum atomic E-state index is 12.6. The summed E-state index contributed by atoms with van der Waals surface area (Å²) in [5, 5.41) is 3.06. The van der Waals surface area contributed by atoms with Crippen LogP contribution in [0.4, 0.5) is 0 Å². The number of carbonyl (C=O) groups is 2. The first-order valence-corrected chi connectivity index (χ1v) is 11.3. The Morgan fingerprint density at radius 1 is 0.938 bits per heavy atom. The molecule has 1 N–H and O–H groups in total. The van der Waals surface area contributed by atoms with E-state index in [4.69, 9.17) is 0 Å². The van der Waals surface area contributed by atoms with Crippen LogP contribution in [0.15, 0.2) is 79.0 Å². The van der Waals surface area contributed by atoms with E-state index in [1.165, 1.54) is 0 Å². The number of likely N-dealkylation sites (tertiary alicyclic amines) is 1. The van der Waals surface area contributed by atoms with E-state index >= 15 is 0 Å². The maximum absolute atomic E-state index is 12.6. The predicted molar refractivity (Wildman–Crippen MR) is 126 cm³/mol. The van der Waals surface area contributed by atoms with E-state index in [1.54, 1.807) is 6.20 Å². The van der Waals surface area contributed by atoms with Gasteiger partial charge >= 0.3 is 0 Å². The van der Waals surface area contributed by atoms with Gasteiger partial charge in [0.05, 0.1) is 0 Å². The second-order valence-electron chi connectivity index (χ2n) is 8.32. The van der Waals surface area contributed by atoms with Crippen molar-refractivity contribution in [2.75, 3.05) is 19.6 Å². The van der Waals surface area contributed by atoms with Gasteiger partial charge < -0.3 is 10.2 Å². The minimum absolute atomic E-state index is 0.0665. The first-order chi connectivity index (χ1) is 15.7. The molecule has 2 aromatic carbocycles. The van der Waals surface area contributed by atoms with E-state index in [2.05, 4.69) is 22.4 Å². The number of nitrogens with zero attached hydrogens (tertiary/aromatic N) is 2. The lowest BCUT2D eigenvalue weighted by Gasteiger charge is -2.33. The van der Waals surface area contributed by atoms with Crippen molar-refractivity contribution in [3.8, 4) is 11.1 Å². The van der Waals surface area contributed by atoms with Crippen molar-refractivity contribution < 1.29 is 9.59 Å². The predicted octanol–water partition coefficient (Wildman–Crippen LogP) is 4.35. The Balaban J connectivity index is 1.25. The molecule has 4 rings (SSSR count). The van der Waals surface area contributed by atoms with Crippen molar-refractivity contribution in [2.24, 2.45) is 5.92 Å². The number of hydrogen-bond donors (Lipinski definition) is 1. The van der Waals surface area contributed by atoms with Gasteiger partial charge in [-0.1, -0.05) is 48.5 Å². The average molecular weight is 428 g/mol. The van der Waals surface area contributed by atoms with Crippen LogP contribution < -0.4 is 5.32 Å². The number of rotatable bonds is 7. The molecule has 5 nitrogen and oxygen atoms in total. The van der Waals surface area contributed by atoms with Gasteiger partial charge in [-0.2, -0.15) is 0 Å². The monoisotopic (exact) mass is 427 g/mol. The fourth-order valence-electron chi connectivity index (χ4n) is 4.18. The zero-order valence-electron chi connectivity index (χ0n) is 18.2. The van der Waals surface area contributed by atoms with E-state index in [0.717, 1.165) is 36.2 Å². The van der Waals surface area contributed by atoms with Crippen LogP contribution >= 0.6 is 0 Å². The number of pyridine rings is 1. The second-order valence-corrected chi connectivity index (χ2v) is 8.32. The fraction of sp³-hybridized carbons (Fsp3) is 0.296. The summed E-state index contributed by atoms with van der Waals surface area (Å²) in [6.45, 7) is 2.09. The summed E-state index contributed by atoms with van der Waals surface area (Å²) in [4.78, 5) is 31.5. The largest absolute Gasteiger partial charge is 0.352 e. The van der Waals surface area contributed by atoms with Gasteiger partial charge in [0.1, 0.15) is 0 Å². The zero-order chi connectivity index (χ0) is 22.2. The Labute approximate surface area is 189 Å². The molecule has 1 aliphatic rings. The third-order valence-electron chi connectivity index (χ3n) is 6.00. The van der Waals surface area contributed by atoms with Gasteiger partial charge in [-0.15, -0.1) is 0 Å². The molecule has 164 valence electrons. The Hall–Kier alpha value is -3.47. The number of amides is 2. The van der Waals surface area contributed by atoms with Crippen LogP contribution in [0.2, 0.25) is 0 Å². The summed E-state index contributed by atoms with van der Waals surface area (Å²) < 4.78 is 0. The topological polar surface area (TPSA) is 62.3 Å². The van der Waals surface area contributed by atoms with Crippen LogP contribution in [0, 0.1) is 5.92 Å². The number of aryl methyl sites for hydroxylation is 1. The minimum Gasteiger partial charge on any atom is -0.352 e. The Morgan fingerprint density at radius 3 is 2.44 bits per heavy atom. The lowest BCUT2D eigenvalue weighted by molar-refractivity contribution is -0.132. The van der Waals surface area contributed by atoms with Gasteiger partial charge in [-0.05, 0) is 60.6 Å². The molecule has 1 unspecified atom stereocenters. The SMILES string of the molecule is O=C(NCC1CCCN(C(=O)CCc2ccccn2)C1)c1ccc(-c2ccccc2)cc1. The highest BCUT2D eigenvalue weighted by Gasteiger charge is 2.24. The molecule has 2 amide bonds. The molecule has 0 saturated carbocycles. The van der Waals surface area contributed by atoms with Crippen molar-refractivity contribution in [1.82, 2.24) is 15.2 Å². The highest BCUT2D eigenvalue weighted by Crippen LogP contribution is 2.20. The molecule has 32 heavy (non-hydrogen) atoms. The number of hydrogen-bond acceptors (Lipinski definition) is 3. The van der Waals surface area contributed by atoms with Crippen molar-refractivity contribution in [3.63, 3.8) is 0 Å². The number of carbonyl (C=O) groups excluding carboxylic acids is 2. The maximum Gasteiger partial charge on any atom is 0.251 e. The summed E-state index contributed by atoms with van der Waals surface area (Å²) >= 11 is 0. The van der Waals surface area contributed by atoms with E-state index < -0.39 is 0 Å². The van der Waals surface area contributed by atoms with Gasteiger partial charge in [0.25, 0.3) is 5.91 Å². The average Bonchev–Trinajstić information content (AvgIpc) is 2.87. The molecule has 1 atom stereocenters. The third kappa shape index (κ3) is 5.82. The molecule has 0 spiro atoms. The quantitative estimate of drug-likeness (QED) is 0.610. The van der Waals surface area contributed by atoms with Gasteiger partial charge in [-0.3, -0.25) is 14.6 Å². The van der Waals surface area contributed by atoms with Gasteiger partial charge in [-0.25, -0.2) is 0 Å². The first kappa shape index (κ1) is 21.8. The summed E-state index contributed by atoms with van der Waals surface area (Å²) in [6, 6.07) is 23.6. The lowest BCUT2D eigenvalue weighted by Crippen LogP contribution is -2.43. The molecule has 1 fully saturated rings. The highest BCUT2D eigenvalue weighted by atomic mass is 16.2. The van der Waals surface area contributed by atoms with Crippen LogP contribution in [0.1, 0.15) is 35.3 Å². The molecule has 1 saturated heterocycles. The van der Waals surface area contributed by atoms with Crippen molar-refractivity contribution >= 4 is 11.8 Å². The van der Waals surface area contributed by atoms with Crippen LogP contribution in [0.25, 0.3) is 11.1 Å². The molecule has 1 aromatic heterocycles. The van der Waals surface area contributed by atoms with Crippen molar-refractivity contribution in [1.29, 1.82) is 0 Å². The molecule has 2 heterocycles.